The molecular weight excluding hydrogens is 530 g/mol. The molecule has 0 saturated heterocycles. The topological polar surface area (TPSA) is 112 Å². The first kappa shape index (κ1) is 28.5. The number of nitrogen functional groups attached to an aromatic ring is 1. The Labute approximate surface area is 203 Å². The van der Waals surface area contributed by atoms with Crippen LogP contribution in [0.5, 0.6) is 0 Å². The minimum atomic E-state index is -3.10. The Kier molecular flexibility index (Phi) is 11.8. The second-order valence-corrected chi connectivity index (χ2v) is 18.0. The van der Waals surface area contributed by atoms with Crippen LogP contribution in [0.25, 0.3) is 0 Å². The normalized spacial score (nSPS) is 10.8. The predicted octanol–water partition coefficient (Wildman–Crippen LogP) is 6.82. The van der Waals surface area contributed by atoms with Crippen LogP contribution in [0.3, 0.4) is 0 Å². The highest BCUT2D eigenvalue weighted by Crippen LogP contribution is 2.72. The maximum Gasteiger partial charge on any atom is 0.152 e. The van der Waals surface area contributed by atoms with E-state index in [9.17, 15) is 0 Å². The number of aryl methyl sites for hydroxylation is 2. The van der Waals surface area contributed by atoms with E-state index in [-0.39, 0.29) is 3.78 Å². The van der Waals surface area contributed by atoms with E-state index < -0.39 is 6.39 Å². The lowest BCUT2D eigenvalue weighted by Gasteiger charge is -2.20. The zero-order valence-electron chi connectivity index (χ0n) is 15.8. The molecule has 0 aliphatic carbocycles. The molecule has 2 aromatic heterocycles. The minimum Gasteiger partial charge on any atom is -0.397 e. The van der Waals surface area contributed by atoms with E-state index in [1.165, 1.54) is 18.6 Å². The number of isothiocyanates is 1. The van der Waals surface area contributed by atoms with Crippen molar-refractivity contribution < 1.29 is 0 Å². The lowest BCUT2D eigenvalue weighted by molar-refractivity contribution is 1.20. The van der Waals surface area contributed by atoms with Crippen molar-refractivity contribution >= 4 is 94.2 Å². The van der Waals surface area contributed by atoms with Gasteiger partial charge in [0, 0.05) is 6.26 Å². The van der Waals surface area contributed by atoms with Crippen molar-refractivity contribution in [3.8, 4) is 12.1 Å². The monoisotopic (exact) mass is 542 g/mol. The molecule has 0 fully saturated rings. The Hall–Kier alpha value is -1.45. The van der Waals surface area contributed by atoms with Gasteiger partial charge in [-0.1, -0.05) is 23.2 Å². The third-order valence-corrected chi connectivity index (χ3v) is 8.75. The SMILES string of the molecule is CS(Cl)(Cl)(Cl)=C(Cl)Cl.Cc1cc(N)cnc1C#N.Cc1cc(N=C=S)cnc1C#N. The lowest BCUT2D eigenvalue weighted by Crippen LogP contribution is -1.91. The molecule has 30 heavy (non-hydrogen) atoms. The molecular formula is C17H15Cl5N6S2. The maximum atomic E-state index is 8.56. The molecule has 0 aliphatic rings. The summed E-state index contributed by atoms with van der Waals surface area (Å²) in [5, 5.41) is 19.3. The van der Waals surface area contributed by atoms with Crippen LogP contribution >= 0.6 is 73.9 Å². The molecule has 2 rings (SSSR count). The number of anilines is 1. The van der Waals surface area contributed by atoms with E-state index in [1.807, 2.05) is 19.1 Å². The van der Waals surface area contributed by atoms with Crippen molar-refractivity contribution in [2.24, 2.45) is 4.99 Å². The van der Waals surface area contributed by atoms with Gasteiger partial charge in [0.2, 0.25) is 0 Å². The highest BCUT2D eigenvalue weighted by atomic mass is 36.2. The highest BCUT2D eigenvalue weighted by Gasteiger charge is 2.21. The second kappa shape index (κ2) is 12.4. The minimum absolute atomic E-state index is 0.174. The van der Waals surface area contributed by atoms with Crippen LogP contribution in [0.4, 0.5) is 11.4 Å². The Morgan fingerprint density at radius 1 is 1.03 bits per heavy atom. The summed E-state index contributed by atoms with van der Waals surface area (Å²) in [5.41, 5.74) is 9.10. The van der Waals surface area contributed by atoms with Crippen LogP contribution in [0.2, 0.25) is 0 Å². The zero-order valence-corrected chi connectivity index (χ0v) is 21.2. The molecule has 0 saturated carbocycles. The number of rotatable bonds is 1. The quantitative estimate of drug-likeness (QED) is 0.239. The van der Waals surface area contributed by atoms with Crippen molar-refractivity contribution in [1.82, 2.24) is 9.97 Å². The number of aliphatic imine (C=N–C) groups is 1. The van der Waals surface area contributed by atoms with Gasteiger partial charge >= 0.3 is 0 Å². The van der Waals surface area contributed by atoms with Gasteiger partial charge in [0.05, 0.1) is 28.9 Å². The molecule has 0 bridgehead atoms. The summed E-state index contributed by atoms with van der Waals surface area (Å²) in [4.78, 5) is 11.4. The van der Waals surface area contributed by atoms with Gasteiger partial charge < -0.3 is 5.73 Å². The van der Waals surface area contributed by atoms with E-state index in [1.54, 1.807) is 19.1 Å². The van der Waals surface area contributed by atoms with Crippen LogP contribution in [0, 0.1) is 36.5 Å². The van der Waals surface area contributed by atoms with Crippen molar-refractivity contribution in [1.29, 1.82) is 10.5 Å². The highest BCUT2D eigenvalue weighted by molar-refractivity contribution is 8.90. The van der Waals surface area contributed by atoms with Crippen LogP contribution in [0.1, 0.15) is 22.5 Å². The number of thiocarbonyl (C=S) groups is 1. The summed E-state index contributed by atoms with van der Waals surface area (Å²) in [6.45, 7) is 3.61. The predicted molar refractivity (Wildman–Crippen MR) is 134 cm³/mol. The Morgan fingerprint density at radius 2 is 1.47 bits per heavy atom. The standard InChI is InChI=1S/C8H5N3S.C7H7N3.C2H3Cl5S/c1-6-2-7(11-5-12)4-10-8(6)3-9;1-5-2-6(9)4-10-7(5)3-8;1-8(5,6,7)2(3)4/h2,4H,1H3;2,4H,9H2,1H3;1H3. The van der Waals surface area contributed by atoms with Gasteiger partial charge in [-0.3, -0.25) is 0 Å². The third-order valence-electron chi connectivity index (χ3n) is 2.88. The lowest BCUT2D eigenvalue weighted by atomic mass is 10.2. The molecule has 6 nitrogen and oxygen atoms in total. The Morgan fingerprint density at radius 3 is 1.80 bits per heavy atom. The molecule has 0 radical (unpaired) electrons. The van der Waals surface area contributed by atoms with Gasteiger partial charge in [-0.05, 0) is 87.8 Å². The van der Waals surface area contributed by atoms with Crippen LogP contribution in [-0.2, 0) is 0 Å². The molecule has 0 spiro atoms. The molecule has 2 heterocycles. The number of nitrogens with zero attached hydrogens (tertiary/aromatic N) is 5. The summed E-state index contributed by atoms with van der Waals surface area (Å²) < 4.78 is -0.174. The van der Waals surface area contributed by atoms with Gasteiger partial charge in [0.25, 0.3) is 0 Å². The summed E-state index contributed by atoms with van der Waals surface area (Å²) in [6, 6.07) is 7.39. The zero-order chi connectivity index (χ0) is 23.6. The van der Waals surface area contributed by atoms with Crippen molar-refractivity contribution in [2.45, 2.75) is 13.8 Å². The maximum absolute atomic E-state index is 8.56. The largest absolute Gasteiger partial charge is 0.397 e. The molecule has 2 aromatic rings. The molecule has 0 aromatic carbocycles. The molecule has 0 amide bonds. The molecule has 0 atom stereocenters. The average Bonchev–Trinajstić information content (AvgIpc) is 2.62. The number of aromatic nitrogens is 2. The van der Waals surface area contributed by atoms with Crippen LogP contribution in [0.15, 0.2) is 29.5 Å². The first-order chi connectivity index (χ1) is 13.7. The number of hydrogen-bond acceptors (Lipinski definition) is 7. The summed E-state index contributed by atoms with van der Waals surface area (Å²) in [6.07, 6.45) is 1.25. The number of nitrogens with two attached hydrogens (primary N) is 1. The fraction of sp³-hybridized carbons (Fsp3) is 0.176. The average molecular weight is 545 g/mol. The number of pyridine rings is 2. The van der Waals surface area contributed by atoms with Gasteiger partial charge in [-0.2, -0.15) is 15.5 Å². The van der Waals surface area contributed by atoms with Crippen LogP contribution < -0.4 is 5.73 Å². The molecule has 0 unspecified atom stereocenters. The van der Waals surface area contributed by atoms with Gasteiger partial charge in [0.1, 0.15) is 23.5 Å². The summed E-state index contributed by atoms with van der Waals surface area (Å²) in [7, 11) is 16.4. The fourth-order valence-corrected chi connectivity index (χ4v) is 1.61. The van der Waals surface area contributed by atoms with Crippen molar-refractivity contribution in [2.75, 3.05) is 12.0 Å². The van der Waals surface area contributed by atoms with Crippen molar-refractivity contribution in [3.63, 3.8) is 0 Å². The molecule has 160 valence electrons. The molecule has 13 heteroatoms. The van der Waals surface area contributed by atoms with Gasteiger partial charge in [0.15, 0.2) is 3.78 Å². The second-order valence-electron chi connectivity index (χ2n) is 5.52. The van der Waals surface area contributed by atoms with Crippen LogP contribution in [-0.4, -0.2) is 25.2 Å². The third kappa shape index (κ3) is 11.1. The van der Waals surface area contributed by atoms with E-state index in [0.29, 0.717) is 22.8 Å². The Bertz CT molecular complexity index is 1100. The number of halogens is 5. The van der Waals surface area contributed by atoms with E-state index in [2.05, 4.69) is 32.3 Å². The van der Waals surface area contributed by atoms with Gasteiger partial charge in [-0.25, -0.2) is 9.97 Å². The smallest absolute Gasteiger partial charge is 0.152 e. The van der Waals surface area contributed by atoms with Crippen molar-refractivity contribution in [3.05, 3.63) is 47.0 Å². The van der Waals surface area contributed by atoms with E-state index in [4.69, 9.17) is 71.5 Å². The van der Waals surface area contributed by atoms with E-state index >= 15 is 0 Å². The Balaban J connectivity index is 0.000000431. The fourth-order valence-electron chi connectivity index (χ4n) is 1.50. The summed E-state index contributed by atoms with van der Waals surface area (Å²) >= 11 is 14.9. The number of hydrogen-bond donors (Lipinski definition) is 1. The van der Waals surface area contributed by atoms with E-state index in [0.717, 1.165) is 11.1 Å². The van der Waals surface area contributed by atoms with Gasteiger partial charge in [-0.15, -0.1) is 0 Å². The molecule has 2 N–H and O–H groups in total. The molecule has 0 aliphatic heterocycles. The number of nitriles is 2. The first-order valence-corrected chi connectivity index (χ1v) is 13.6. The first-order valence-electron chi connectivity index (χ1n) is 7.54. The summed E-state index contributed by atoms with van der Waals surface area (Å²) in [5.74, 6) is 0.